The van der Waals surface area contributed by atoms with E-state index in [0.29, 0.717) is 6.07 Å². The van der Waals surface area contributed by atoms with Crippen LogP contribution < -0.4 is 10.2 Å². The summed E-state index contributed by atoms with van der Waals surface area (Å²) in [6.45, 7) is 6.67. The van der Waals surface area contributed by atoms with Gasteiger partial charge in [-0.25, -0.2) is 8.78 Å². The van der Waals surface area contributed by atoms with Crippen LogP contribution in [0.2, 0.25) is 0 Å². The summed E-state index contributed by atoms with van der Waals surface area (Å²) in [5.41, 5.74) is -1.73. The molecule has 0 bridgehead atoms. The van der Waals surface area contributed by atoms with Crippen LogP contribution in [0, 0.1) is 17.5 Å². The van der Waals surface area contributed by atoms with Crippen LogP contribution in [-0.2, 0) is 14.0 Å². The van der Waals surface area contributed by atoms with Crippen LogP contribution >= 0.6 is 0 Å². The zero-order chi connectivity index (χ0) is 16.7. The summed E-state index contributed by atoms with van der Waals surface area (Å²) in [4.78, 5) is 0. The molecular formula is C14H18BF3O4. The molecule has 1 aromatic carbocycles. The Morgan fingerprint density at radius 1 is 1.05 bits per heavy atom. The van der Waals surface area contributed by atoms with Gasteiger partial charge < -0.3 is 18.8 Å². The maximum Gasteiger partial charge on any atom is 0.498 e. The fraction of sp³-hybridized carbons (Fsp3) is 0.571. The van der Waals surface area contributed by atoms with Gasteiger partial charge in [-0.15, -0.1) is 0 Å². The lowest BCUT2D eigenvalue weighted by Crippen LogP contribution is -2.41. The van der Waals surface area contributed by atoms with E-state index in [1.807, 2.05) is 0 Å². The molecule has 0 saturated carbocycles. The molecule has 0 N–H and O–H groups in total. The first-order valence-corrected chi connectivity index (χ1v) is 6.75. The van der Waals surface area contributed by atoms with E-state index in [0.717, 1.165) is 0 Å². The van der Waals surface area contributed by atoms with Crippen LogP contribution in [0.4, 0.5) is 13.2 Å². The molecule has 1 saturated heterocycles. The molecule has 0 spiro atoms. The molecule has 2 rings (SSSR count). The fourth-order valence-electron chi connectivity index (χ4n) is 1.99. The predicted octanol–water partition coefficient (Wildman–Crippen LogP) is 2.39. The van der Waals surface area contributed by atoms with E-state index >= 15 is 0 Å². The Labute approximate surface area is 127 Å². The third kappa shape index (κ3) is 2.82. The summed E-state index contributed by atoms with van der Waals surface area (Å²) in [5, 5.41) is 0. The zero-order valence-electron chi connectivity index (χ0n) is 13.1. The highest BCUT2D eigenvalue weighted by atomic mass is 19.2. The molecule has 0 aliphatic carbocycles. The zero-order valence-corrected chi connectivity index (χ0v) is 13.1. The average Bonchev–Trinajstić information content (AvgIpc) is 2.62. The van der Waals surface area contributed by atoms with Gasteiger partial charge in [-0.3, -0.25) is 0 Å². The molecule has 0 atom stereocenters. The second-order valence-electron chi connectivity index (χ2n) is 6.04. The van der Waals surface area contributed by atoms with Crippen molar-refractivity contribution in [1.29, 1.82) is 0 Å². The second kappa shape index (κ2) is 5.75. The van der Waals surface area contributed by atoms with E-state index in [2.05, 4.69) is 4.74 Å². The molecule has 4 nitrogen and oxygen atoms in total. The third-order valence-corrected chi connectivity index (χ3v) is 3.97. The molecular weight excluding hydrogens is 300 g/mol. The van der Waals surface area contributed by atoms with Crippen molar-refractivity contribution in [3.05, 3.63) is 23.5 Å². The van der Waals surface area contributed by atoms with Gasteiger partial charge >= 0.3 is 7.12 Å². The van der Waals surface area contributed by atoms with Crippen LogP contribution in [0.1, 0.15) is 27.7 Å². The molecule has 0 radical (unpaired) electrons. The Morgan fingerprint density at radius 3 is 2.09 bits per heavy atom. The number of hydrogen-bond acceptors (Lipinski definition) is 4. The molecule has 122 valence electrons. The van der Waals surface area contributed by atoms with Gasteiger partial charge in [0, 0.05) is 12.6 Å². The predicted molar refractivity (Wildman–Crippen MR) is 74.5 cm³/mol. The van der Waals surface area contributed by atoms with Crippen molar-refractivity contribution in [1.82, 2.24) is 0 Å². The highest BCUT2D eigenvalue weighted by molar-refractivity contribution is 6.62. The number of benzene rings is 1. The quantitative estimate of drug-likeness (QED) is 0.485. The third-order valence-electron chi connectivity index (χ3n) is 3.97. The molecule has 1 fully saturated rings. The summed E-state index contributed by atoms with van der Waals surface area (Å²) in [7, 11) is 0.120. The SMILES string of the molecule is COCOc1c(F)c(F)cc(B2OC(C)(C)C(C)(C)O2)c1F. The monoisotopic (exact) mass is 318 g/mol. The van der Waals surface area contributed by atoms with E-state index in [-0.39, 0.29) is 5.46 Å². The first-order chi connectivity index (χ1) is 10.1. The van der Waals surface area contributed by atoms with Crippen LogP contribution in [0.25, 0.3) is 0 Å². The lowest BCUT2D eigenvalue weighted by Gasteiger charge is -2.32. The molecule has 8 heteroatoms. The standard InChI is InChI=1S/C14H18BF3O4/c1-13(2)14(3,4)22-15(21-13)8-6-9(16)11(18)12(10(8)17)20-7-19-5/h6H,7H2,1-5H3. The highest BCUT2D eigenvalue weighted by Crippen LogP contribution is 2.37. The van der Waals surface area contributed by atoms with Gasteiger partial charge in [0.05, 0.1) is 11.2 Å². The van der Waals surface area contributed by atoms with Gasteiger partial charge in [-0.1, -0.05) is 0 Å². The number of rotatable bonds is 4. The molecule has 1 heterocycles. The Kier molecular flexibility index (Phi) is 4.48. The summed E-state index contributed by atoms with van der Waals surface area (Å²) in [5.74, 6) is -4.60. The molecule has 1 aliphatic heterocycles. The molecule has 22 heavy (non-hydrogen) atoms. The Hall–Kier alpha value is -1.25. The minimum atomic E-state index is -1.42. The number of ether oxygens (including phenoxy) is 2. The van der Waals surface area contributed by atoms with Crippen molar-refractivity contribution < 1.29 is 32.0 Å². The van der Waals surface area contributed by atoms with Gasteiger partial charge in [0.1, 0.15) is 0 Å². The van der Waals surface area contributed by atoms with Crippen LogP contribution in [0.3, 0.4) is 0 Å². The van der Waals surface area contributed by atoms with Crippen LogP contribution in [0.15, 0.2) is 6.07 Å². The van der Waals surface area contributed by atoms with Crippen LogP contribution in [-0.4, -0.2) is 32.2 Å². The smallest absolute Gasteiger partial charge is 0.461 e. The van der Waals surface area contributed by atoms with Crippen molar-refractivity contribution >= 4 is 12.6 Å². The van der Waals surface area contributed by atoms with E-state index in [4.69, 9.17) is 14.0 Å². The number of hydrogen-bond donors (Lipinski definition) is 0. The number of methoxy groups -OCH3 is 1. The summed E-state index contributed by atoms with van der Waals surface area (Å²) >= 11 is 0. The lowest BCUT2D eigenvalue weighted by molar-refractivity contribution is 0.00578. The number of halogens is 3. The minimum Gasteiger partial charge on any atom is -0.461 e. The van der Waals surface area contributed by atoms with Gasteiger partial charge in [-0.05, 0) is 33.8 Å². The normalized spacial score (nSPS) is 19.5. The average molecular weight is 318 g/mol. The minimum absolute atomic E-state index is 0.261. The molecule has 0 amide bonds. The first-order valence-electron chi connectivity index (χ1n) is 6.75. The van der Waals surface area contributed by atoms with E-state index < -0.39 is 48.3 Å². The van der Waals surface area contributed by atoms with Crippen molar-refractivity contribution in [3.63, 3.8) is 0 Å². The Bertz CT molecular complexity index is 562. The van der Waals surface area contributed by atoms with Crippen molar-refractivity contribution in [2.75, 3.05) is 13.9 Å². The lowest BCUT2D eigenvalue weighted by atomic mass is 9.78. The highest BCUT2D eigenvalue weighted by Gasteiger charge is 2.53. The largest absolute Gasteiger partial charge is 0.498 e. The van der Waals surface area contributed by atoms with Crippen molar-refractivity contribution in [2.45, 2.75) is 38.9 Å². The van der Waals surface area contributed by atoms with E-state index in [1.54, 1.807) is 27.7 Å². The van der Waals surface area contributed by atoms with Gasteiger partial charge in [0.2, 0.25) is 5.82 Å². The molecule has 1 aliphatic rings. The summed E-state index contributed by atoms with van der Waals surface area (Å²) < 4.78 is 62.5. The maximum atomic E-state index is 14.4. The van der Waals surface area contributed by atoms with E-state index in [1.165, 1.54) is 7.11 Å². The van der Waals surface area contributed by atoms with Gasteiger partial charge in [0.15, 0.2) is 24.2 Å². The molecule has 1 aromatic rings. The van der Waals surface area contributed by atoms with Crippen molar-refractivity contribution in [3.8, 4) is 5.75 Å². The fourth-order valence-corrected chi connectivity index (χ4v) is 1.99. The first kappa shape index (κ1) is 17.1. The van der Waals surface area contributed by atoms with E-state index in [9.17, 15) is 13.2 Å². The topological polar surface area (TPSA) is 36.9 Å². The summed E-state index contributed by atoms with van der Waals surface area (Å²) in [6, 6.07) is 0.715. The Balaban J connectivity index is 2.43. The summed E-state index contributed by atoms with van der Waals surface area (Å²) in [6.07, 6.45) is 0. The van der Waals surface area contributed by atoms with Gasteiger partial charge in [0.25, 0.3) is 0 Å². The second-order valence-corrected chi connectivity index (χ2v) is 6.04. The van der Waals surface area contributed by atoms with Gasteiger partial charge in [-0.2, -0.15) is 4.39 Å². The van der Waals surface area contributed by atoms with Crippen molar-refractivity contribution in [2.24, 2.45) is 0 Å². The molecule has 0 aromatic heterocycles. The maximum absolute atomic E-state index is 14.4. The molecule has 0 unspecified atom stereocenters. The Morgan fingerprint density at radius 2 is 1.59 bits per heavy atom. The van der Waals surface area contributed by atoms with Crippen LogP contribution in [0.5, 0.6) is 5.75 Å².